The van der Waals surface area contributed by atoms with Gasteiger partial charge in [-0.2, -0.15) is 0 Å². The molecule has 0 aliphatic carbocycles. The van der Waals surface area contributed by atoms with Crippen molar-refractivity contribution >= 4 is 32.8 Å². The molecule has 0 spiro atoms. The molecule has 2 saturated heterocycles. The number of nitrogen functional groups attached to an aromatic ring is 1. The molecule has 2 aliphatic heterocycles. The van der Waals surface area contributed by atoms with Crippen LogP contribution in [0.5, 0.6) is 0 Å². The Morgan fingerprint density at radius 3 is 2.88 bits per heavy atom. The molecule has 2 atom stereocenters. The molecule has 0 saturated carbocycles. The molecule has 2 aliphatic rings. The number of hydrogen-bond acceptors (Lipinski definition) is 5. The number of fused-ring (bicyclic) bond motifs is 1. The second kappa shape index (κ2) is 6.82. The number of nitrogens with two attached hydrogens (primary N) is 1. The highest BCUT2D eigenvalue weighted by Crippen LogP contribution is 2.36. The maximum absolute atomic E-state index is 6.24. The van der Waals surface area contributed by atoms with Gasteiger partial charge in [-0.3, -0.25) is 0 Å². The summed E-state index contributed by atoms with van der Waals surface area (Å²) in [5.41, 5.74) is 6.80. The molecule has 7 heteroatoms. The van der Waals surface area contributed by atoms with E-state index in [-0.39, 0.29) is 12.3 Å². The second-order valence-corrected chi connectivity index (χ2v) is 7.38. The number of rotatable bonds is 3. The molecule has 0 unspecified atom stereocenters. The summed E-state index contributed by atoms with van der Waals surface area (Å²) in [5, 5.41) is 4.26. The lowest BCUT2D eigenvalue weighted by atomic mass is 9.97. The number of nitrogens with zero attached hydrogens (tertiary/aromatic N) is 3. The van der Waals surface area contributed by atoms with E-state index in [4.69, 9.17) is 10.5 Å². The van der Waals surface area contributed by atoms with E-state index in [1.807, 2.05) is 6.20 Å². The SMILES string of the molecule is Nc1ncnc2c1c(Br)cn2[C@H]1CC[C@H](/C=C/C2CCNCC2)O1. The summed E-state index contributed by atoms with van der Waals surface area (Å²) in [6.45, 7) is 2.24. The Balaban J connectivity index is 1.49. The van der Waals surface area contributed by atoms with Crippen molar-refractivity contribution in [3.63, 3.8) is 0 Å². The minimum absolute atomic E-state index is 0.00391. The van der Waals surface area contributed by atoms with Gasteiger partial charge in [-0.25, -0.2) is 9.97 Å². The molecule has 0 aromatic carbocycles. The van der Waals surface area contributed by atoms with Crippen molar-refractivity contribution in [3.05, 3.63) is 29.1 Å². The Bertz CT molecular complexity index is 753. The van der Waals surface area contributed by atoms with Crippen LogP contribution in [-0.2, 0) is 4.74 Å². The minimum atomic E-state index is -0.00391. The van der Waals surface area contributed by atoms with Gasteiger partial charge >= 0.3 is 0 Å². The van der Waals surface area contributed by atoms with Crippen LogP contribution in [0.3, 0.4) is 0 Å². The molecule has 4 heterocycles. The summed E-state index contributed by atoms with van der Waals surface area (Å²) in [4.78, 5) is 8.46. The molecule has 3 N–H and O–H groups in total. The van der Waals surface area contributed by atoms with Crippen molar-refractivity contribution in [2.75, 3.05) is 18.8 Å². The van der Waals surface area contributed by atoms with Gasteiger partial charge in [-0.05, 0) is 60.6 Å². The lowest BCUT2D eigenvalue weighted by molar-refractivity contribution is 0.0259. The quantitative estimate of drug-likeness (QED) is 0.786. The zero-order chi connectivity index (χ0) is 16.5. The lowest BCUT2D eigenvalue weighted by Crippen LogP contribution is -2.26. The molecule has 2 aromatic rings. The van der Waals surface area contributed by atoms with Gasteiger partial charge in [-0.15, -0.1) is 0 Å². The van der Waals surface area contributed by atoms with E-state index in [0.717, 1.165) is 41.4 Å². The third kappa shape index (κ3) is 3.08. The van der Waals surface area contributed by atoms with Gasteiger partial charge in [0.15, 0.2) is 0 Å². The summed E-state index contributed by atoms with van der Waals surface area (Å²) >= 11 is 3.56. The van der Waals surface area contributed by atoms with Crippen LogP contribution < -0.4 is 11.1 Å². The molecule has 0 bridgehead atoms. The number of nitrogens with one attached hydrogen (secondary N) is 1. The molecular weight excluding hydrogens is 370 g/mol. The van der Waals surface area contributed by atoms with Crippen molar-refractivity contribution in [3.8, 4) is 0 Å². The smallest absolute Gasteiger partial charge is 0.148 e. The molecule has 2 fully saturated rings. The monoisotopic (exact) mass is 391 g/mol. The maximum Gasteiger partial charge on any atom is 0.148 e. The molecule has 0 amide bonds. The third-order valence-corrected chi connectivity index (χ3v) is 5.52. The molecule has 4 rings (SSSR count). The van der Waals surface area contributed by atoms with Gasteiger partial charge in [0.25, 0.3) is 0 Å². The third-order valence-electron chi connectivity index (χ3n) is 4.91. The Labute approximate surface area is 149 Å². The number of ether oxygens (including phenoxy) is 1. The van der Waals surface area contributed by atoms with Crippen LogP contribution in [-0.4, -0.2) is 33.7 Å². The van der Waals surface area contributed by atoms with E-state index in [1.165, 1.54) is 19.2 Å². The summed E-state index contributed by atoms with van der Waals surface area (Å²) in [7, 11) is 0. The average molecular weight is 392 g/mol. The van der Waals surface area contributed by atoms with Crippen molar-refractivity contribution in [2.45, 2.75) is 38.0 Å². The first-order valence-electron chi connectivity index (χ1n) is 8.53. The van der Waals surface area contributed by atoms with E-state index in [9.17, 15) is 0 Å². The lowest BCUT2D eigenvalue weighted by Gasteiger charge is -2.20. The fraction of sp³-hybridized carbons (Fsp3) is 0.529. The molecule has 6 nitrogen and oxygen atoms in total. The number of allylic oxidation sites excluding steroid dienone is 1. The molecule has 2 aromatic heterocycles. The predicted octanol–water partition coefficient (Wildman–Crippen LogP) is 3.01. The number of hydrogen-bond donors (Lipinski definition) is 2. The van der Waals surface area contributed by atoms with Crippen LogP contribution in [0.1, 0.15) is 31.9 Å². The highest BCUT2D eigenvalue weighted by atomic mass is 79.9. The molecular formula is C17H22BrN5O. The number of aromatic nitrogens is 3. The first-order chi connectivity index (χ1) is 11.7. The van der Waals surface area contributed by atoms with Gasteiger partial charge in [0.05, 0.1) is 11.5 Å². The normalized spacial score (nSPS) is 25.9. The predicted molar refractivity (Wildman–Crippen MR) is 97.5 cm³/mol. The standard InChI is InChI=1S/C17H22BrN5O/c18-13-9-23(17-15(13)16(19)21-10-22-17)14-4-3-12(24-14)2-1-11-5-7-20-8-6-11/h1-2,9-12,14,20H,3-8H2,(H2,19,21,22)/b2-1+/t12-,14+/m0/s1. The summed E-state index contributed by atoms with van der Waals surface area (Å²) in [6.07, 6.45) is 12.7. The Morgan fingerprint density at radius 1 is 1.21 bits per heavy atom. The van der Waals surface area contributed by atoms with Gasteiger partial charge in [0, 0.05) is 10.7 Å². The summed E-state index contributed by atoms with van der Waals surface area (Å²) in [5.74, 6) is 1.17. The highest BCUT2D eigenvalue weighted by molar-refractivity contribution is 9.10. The molecule has 24 heavy (non-hydrogen) atoms. The van der Waals surface area contributed by atoms with Gasteiger partial charge in [-0.1, -0.05) is 12.2 Å². The van der Waals surface area contributed by atoms with Crippen molar-refractivity contribution < 1.29 is 4.74 Å². The zero-order valence-electron chi connectivity index (χ0n) is 13.5. The molecule has 128 valence electrons. The highest BCUT2D eigenvalue weighted by Gasteiger charge is 2.27. The Morgan fingerprint density at radius 2 is 2.04 bits per heavy atom. The fourth-order valence-corrected chi connectivity index (χ4v) is 4.19. The van der Waals surface area contributed by atoms with Crippen molar-refractivity contribution in [1.29, 1.82) is 0 Å². The van der Waals surface area contributed by atoms with Crippen LogP contribution in [0.4, 0.5) is 5.82 Å². The maximum atomic E-state index is 6.24. The van der Waals surface area contributed by atoms with Crippen molar-refractivity contribution in [1.82, 2.24) is 19.9 Å². The van der Waals surface area contributed by atoms with E-state index in [1.54, 1.807) is 0 Å². The molecule has 0 radical (unpaired) electrons. The number of halogens is 1. The van der Waals surface area contributed by atoms with E-state index >= 15 is 0 Å². The van der Waals surface area contributed by atoms with Gasteiger partial charge < -0.3 is 20.4 Å². The average Bonchev–Trinajstić information content (AvgIpc) is 3.19. The fourth-order valence-electron chi connectivity index (χ4n) is 3.59. The van der Waals surface area contributed by atoms with Crippen LogP contribution in [0.15, 0.2) is 29.1 Å². The topological polar surface area (TPSA) is 78.0 Å². The van der Waals surface area contributed by atoms with Crippen LogP contribution in [0, 0.1) is 5.92 Å². The van der Waals surface area contributed by atoms with Gasteiger partial charge in [0.1, 0.15) is 24.0 Å². The first kappa shape index (κ1) is 16.1. The Hall–Kier alpha value is -1.44. The summed E-state index contributed by atoms with van der Waals surface area (Å²) < 4.78 is 9.21. The number of anilines is 1. The largest absolute Gasteiger partial charge is 0.383 e. The van der Waals surface area contributed by atoms with E-state index < -0.39 is 0 Å². The zero-order valence-corrected chi connectivity index (χ0v) is 15.1. The Kier molecular flexibility index (Phi) is 4.56. The van der Waals surface area contributed by atoms with Gasteiger partial charge in [0.2, 0.25) is 0 Å². The minimum Gasteiger partial charge on any atom is -0.383 e. The van der Waals surface area contributed by atoms with Crippen LogP contribution >= 0.6 is 15.9 Å². The van der Waals surface area contributed by atoms with Crippen molar-refractivity contribution in [2.24, 2.45) is 5.92 Å². The summed E-state index contributed by atoms with van der Waals surface area (Å²) in [6, 6.07) is 0. The van der Waals surface area contributed by atoms with Crippen LogP contribution in [0.2, 0.25) is 0 Å². The number of piperidine rings is 1. The van der Waals surface area contributed by atoms with E-state index in [0.29, 0.717) is 11.7 Å². The van der Waals surface area contributed by atoms with E-state index in [2.05, 4.69) is 47.9 Å². The van der Waals surface area contributed by atoms with Crippen LogP contribution in [0.25, 0.3) is 11.0 Å². The second-order valence-electron chi connectivity index (χ2n) is 6.52. The first-order valence-corrected chi connectivity index (χ1v) is 9.32.